The topological polar surface area (TPSA) is 286 Å². The summed E-state index contributed by atoms with van der Waals surface area (Å²) in [6, 6.07) is -2.37. The third-order valence-electron chi connectivity index (χ3n) is 12.3. The molecule has 0 spiro atoms. The molecule has 0 aromatic heterocycles. The van der Waals surface area contributed by atoms with Gasteiger partial charge in [-0.25, -0.2) is 4.79 Å². The Morgan fingerprint density at radius 3 is 2.12 bits per heavy atom. The summed E-state index contributed by atoms with van der Waals surface area (Å²) in [6.45, 7) is 1.21. The molecule has 0 amide bonds. The summed E-state index contributed by atoms with van der Waals surface area (Å²) in [5.74, 6) is -6.83. The number of rotatable bonds is 14. The molecule has 5 aliphatic rings. The van der Waals surface area contributed by atoms with E-state index in [0.717, 1.165) is 29.1 Å². The van der Waals surface area contributed by atoms with Crippen LogP contribution in [0.5, 0.6) is 0 Å². The van der Waals surface area contributed by atoms with Crippen molar-refractivity contribution < 1.29 is 88.9 Å². The van der Waals surface area contributed by atoms with Gasteiger partial charge in [0.1, 0.15) is 30.9 Å². The SMILES string of the molecule is C[C@]12C[C@@H](OC(=O)CSCC(N)C(=O)O)C3C(CC[C@]4(O)C[C@@H](OC(=O)CSCC(N)C(=O)O)C[C@@H](O)[C@]34CO)[C@@]1(O)CC[C@@H]2C1=CC(=O)OC1.[99Tc]. The van der Waals surface area contributed by atoms with Crippen LogP contribution in [-0.2, 0) is 58.3 Å². The molecule has 19 heteroatoms. The predicted octanol–water partition coefficient (Wildman–Crippen LogP) is -0.977. The molecule has 0 bridgehead atoms. The average molecular weight is 860 g/mol. The molecule has 0 aromatic carbocycles. The van der Waals surface area contributed by atoms with Crippen molar-refractivity contribution in [2.24, 2.45) is 40.1 Å². The van der Waals surface area contributed by atoms with Gasteiger partial charge in [-0.15, -0.1) is 23.5 Å². The first-order valence-corrected chi connectivity index (χ1v) is 19.4. The summed E-state index contributed by atoms with van der Waals surface area (Å²) in [5, 5.41) is 66.5. The minimum Gasteiger partial charge on any atom is -0.480 e. The Morgan fingerprint density at radius 2 is 1.58 bits per heavy atom. The van der Waals surface area contributed by atoms with E-state index in [1.54, 1.807) is 0 Å². The van der Waals surface area contributed by atoms with Crippen molar-refractivity contribution in [3.8, 4) is 0 Å². The van der Waals surface area contributed by atoms with Crippen molar-refractivity contribution in [2.75, 3.05) is 36.2 Å². The number of hydrogen-bond donors (Lipinski definition) is 8. The first kappa shape index (κ1) is 42.9. The molecule has 1 radical (unpaired) electrons. The molecule has 1 aliphatic heterocycles. The Hall–Kier alpha value is -1.80. The summed E-state index contributed by atoms with van der Waals surface area (Å²) < 4.78 is 17.0. The van der Waals surface area contributed by atoms with E-state index in [0.29, 0.717) is 12.8 Å². The number of fused-ring (bicyclic) bond motifs is 5. The number of carboxylic acid groups (broad SMARTS) is 2. The molecule has 5 rings (SSSR count). The second-order valence-corrected chi connectivity index (χ2v) is 16.9. The van der Waals surface area contributed by atoms with Gasteiger partial charge in [-0.1, -0.05) is 6.92 Å². The van der Waals surface area contributed by atoms with Crippen molar-refractivity contribution in [3.05, 3.63) is 11.6 Å². The molecule has 1 heterocycles. The van der Waals surface area contributed by atoms with Crippen LogP contribution in [0.3, 0.4) is 0 Å². The monoisotopic (exact) mass is 859 g/mol. The first-order valence-electron chi connectivity index (χ1n) is 17.0. The number of hydrogen-bond acceptors (Lipinski definition) is 16. The zero-order valence-electron chi connectivity index (χ0n) is 28.7. The van der Waals surface area contributed by atoms with E-state index >= 15 is 0 Å². The fourth-order valence-electron chi connectivity index (χ4n) is 9.94. The summed E-state index contributed by atoms with van der Waals surface area (Å²) >= 11 is 1.94. The molecule has 52 heavy (non-hydrogen) atoms. The van der Waals surface area contributed by atoms with Gasteiger partial charge in [0.05, 0.1) is 40.8 Å². The number of ether oxygens (including phenoxy) is 3. The molecule has 0 aromatic rings. The van der Waals surface area contributed by atoms with Crippen LogP contribution in [0.15, 0.2) is 11.6 Å². The third-order valence-corrected chi connectivity index (χ3v) is 14.3. The molecule has 12 atom stereocenters. The number of esters is 3. The van der Waals surface area contributed by atoms with Crippen LogP contribution < -0.4 is 11.5 Å². The Morgan fingerprint density at radius 1 is 0.981 bits per heavy atom. The maximum Gasteiger partial charge on any atom is 0.331 e. The van der Waals surface area contributed by atoms with Crippen LogP contribution in [0.1, 0.15) is 51.9 Å². The number of carboxylic acids is 2. The summed E-state index contributed by atoms with van der Waals surface area (Å²) in [7, 11) is 0. The van der Waals surface area contributed by atoms with Gasteiger partial charge in [0.2, 0.25) is 0 Å². The fraction of sp³-hybridized carbons (Fsp3) is 0.788. The van der Waals surface area contributed by atoms with Gasteiger partial charge in [0.25, 0.3) is 0 Å². The molecule has 4 aliphatic carbocycles. The minimum atomic E-state index is -1.83. The maximum atomic E-state index is 13.4. The van der Waals surface area contributed by atoms with E-state index in [1.807, 2.05) is 6.92 Å². The fourth-order valence-corrected chi connectivity index (χ4v) is 11.4. The molecule has 4 saturated carbocycles. The van der Waals surface area contributed by atoms with Gasteiger partial charge in [0.15, 0.2) is 0 Å². The standard InChI is InChI=1S/C33H48N2O14S2.Tc/c1-30-9-22(49-26(40)14-51-12-21(35)29(43)44)27-19(33(30,46)5-3-18(30)16-6-24(38)47-10-16)2-4-31(45)8-17(7-23(37)32(27,31)15-36)48-25(39)13-50-11-20(34)28(41)42;/h6,17-23,27,36-37,45-46H,2-5,7-15,34-35H2,1H3,(H,41,42)(H,43,44);/t17-,18+,19?,20?,21?,22+,23+,27?,30+,31-,32+,33-;/m0./s1/i;1+1. The average Bonchev–Trinajstić information content (AvgIpc) is 3.59. The normalized spacial score (nSPS) is 39.0. The van der Waals surface area contributed by atoms with Crippen molar-refractivity contribution in [3.63, 3.8) is 0 Å². The van der Waals surface area contributed by atoms with Crippen LogP contribution in [0.4, 0.5) is 0 Å². The van der Waals surface area contributed by atoms with E-state index in [2.05, 4.69) is 0 Å². The Bertz CT molecular complexity index is 1440. The van der Waals surface area contributed by atoms with Gasteiger partial charge in [-0.3, -0.25) is 19.2 Å². The Balaban J connectivity index is 0.00000605. The van der Waals surface area contributed by atoms with Crippen LogP contribution in [-0.4, -0.2) is 138 Å². The maximum absolute atomic E-state index is 13.4. The Labute approximate surface area is 322 Å². The van der Waals surface area contributed by atoms with E-state index in [9.17, 15) is 44.4 Å². The van der Waals surface area contributed by atoms with Crippen molar-refractivity contribution in [2.45, 2.75) is 93.5 Å². The number of aliphatic hydroxyl groups is 4. The largest absolute Gasteiger partial charge is 0.480 e. The number of carbonyl (C=O) groups is 5. The van der Waals surface area contributed by atoms with E-state index < -0.39 is 101 Å². The van der Waals surface area contributed by atoms with Gasteiger partial charge in [-0.05, 0) is 49.5 Å². The number of nitrogens with two attached hydrogens (primary N) is 2. The van der Waals surface area contributed by atoms with Crippen LogP contribution >= 0.6 is 23.5 Å². The van der Waals surface area contributed by atoms with Crippen LogP contribution in [0.25, 0.3) is 0 Å². The molecular formula is C33H48N2O14S2Tc. The minimum absolute atomic E-state index is 0. The number of thioether (sulfide) groups is 2. The zero-order chi connectivity index (χ0) is 37.5. The summed E-state index contributed by atoms with van der Waals surface area (Å²) in [6.07, 6.45) is -1.29. The second-order valence-electron chi connectivity index (χ2n) is 14.9. The van der Waals surface area contributed by atoms with Gasteiger partial charge < -0.3 is 56.3 Å². The Kier molecular flexibility index (Phi) is 13.6. The zero-order valence-corrected chi connectivity index (χ0v) is 32.2. The molecule has 16 nitrogen and oxygen atoms in total. The number of cyclic esters (lactones) is 1. The number of aliphatic hydroxyl groups excluding tert-OH is 2. The molecule has 4 unspecified atom stereocenters. The van der Waals surface area contributed by atoms with Crippen LogP contribution in [0, 0.1) is 28.6 Å². The van der Waals surface area contributed by atoms with Crippen molar-refractivity contribution in [1.82, 2.24) is 0 Å². The third kappa shape index (κ3) is 7.69. The second kappa shape index (κ2) is 16.5. The quantitative estimate of drug-likeness (QED) is 0.0770. The van der Waals surface area contributed by atoms with E-state index in [-0.39, 0.29) is 87.7 Å². The molecular weight excluding hydrogens is 811 g/mol. The molecule has 10 N–H and O–H groups in total. The van der Waals surface area contributed by atoms with E-state index in [1.165, 1.54) is 6.08 Å². The van der Waals surface area contributed by atoms with E-state index in [4.69, 9.17) is 35.9 Å². The number of aliphatic carboxylic acids is 2. The summed E-state index contributed by atoms with van der Waals surface area (Å²) in [5.41, 5.74) is 5.91. The first-order chi connectivity index (χ1) is 23.9. The molecule has 0 saturated heterocycles. The van der Waals surface area contributed by atoms with Crippen molar-refractivity contribution in [1.29, 1.82) is 0 Å². The van der Waals surface area contributed by atoms with Gasteiger partial charge in [-0.2, -0.15) is 0 Å². The number of carbonyl (C=O) groups excluding carboxylic acids is 3. The molecule has 4 fully saturated rings. The summed E-state index contributed by atoms with van der Waals surface area (Å²) in [4.78, 5) is 60.3. The van der Waals surface area contributed by atoms with Crippen LogP contribution in [0.2, 0.25) is 0 Å². The predicted molar refractivity (Wildman–Crippen MR) is 181 cm³/mol. The van der Waals surface area contributed by atoms with Gasteiger partial charge >= 0.3 is 29.8 Å². The molecule has 293 valence electrons. The smallest absolute Gasteiger partial charge is 0.331 e. The van der Waals surface area contributed by atoms with Crippen molar-refractivity contribution >= 4 is 53.4 Å². The van der Waals surface area contributed by atoms with Gasteiger partial charge in [0, 0.05) is 61.9 Å².